The van der Waals surface area contributed by atoms with E-state index in [0.29, 0.717) is 16.3 Å². The molecule has 106 valence electrons. The van der Waals surface area contributed by atoms with Crippen molar-refractivity contribution in [2.75, 3.05) is 14.2 Å². The predicted molar refractivity (Wildman–Crippen MR) is 72.1 cm³/mol. The topological polar surface area (TPSA) is 89.3 Å². The quantitative estimate of drug-likeness (QED) is 0.470. The van der Waals surface area contributed by atoms with Gasteiger partial charge in [0.05, 0.1) is 19.8 Å². The van der Waals surface area contributed by atoms with Crippen LogP contribution in [-0.2, 0) is 19.1 Å². The maximum Gasteiger partial charge on any atom is 0.330 e. The Labute approximate surface area is 121 Å². The molecule has 1 rings (SSSR count). The van der Waals surface area contributed by atoms with Crippen LogP contribution in [0.5, 0.6) is 0 Å². The highest BCUT2D eigenvalue weighted by molar-refractivity contribution is 8.01. The number of hydrogen-bond acceptors (Lipinski definition) is 7. The van der Waals surface area contributed by atoms with Gasteiger partial charge in [-0.25, -0.2) is 4.98 Å². The van der Waals surface area contributed by atoms with Crippen molar-refractivity contribution in [1.29, 1.82) is 5.26 Å². The molecule has 1 aromatic rings. The molecule has 1 heterocycles. The van der Waals surface area contributed by atoms with Crippen molar-refractivity contribution in [3.05, 3.63) is 22.9 Å². The largest absolute Gasteiger partial charge is 0.468 e. The summed E-state index contributed by atoms with van der Waals surface area (Å²) in [6, 6.07) is 3.78. The molecule has 6 nitrogen and oxygen atoms in total. The lowest BCUT2D eigenvalue weighted by Crippen LogP contribution is -2.29. The molecule has 0 saturated heterocycles. The van der Waals surface area contributed by atoms with Crippen LogP contribution in [0.2, 0.25) is 0 Å². The Kier molecular flexibility index (Phi) is 5.53. The Bertz CT molecular complexity index is 564. The average molecular weight is 294 g/mol. The summed E-state index contributed by atoms with van der Waals surface area (Å²) in [6.45, 7) is 3.53. The Morgan fingerprint density at radius 1 is 1.30 bits per heavy atom. The third-order valence-electron chi connectivity index (χ3n) is 2.48. The fourth-order valence-electron chi connectivity index (χ4n) is 1.54. The van der Waals surface area contributed by atoms with Crippen molar-refractivity contribution in [2.24, 2.45) is 0 Å². The summed E-state index contributed by atoms with van der Waals surface area (Å²) in [5, 5.41) is 8.27. The van der Waals surface area contributed by atoms with Crippen LogP contribution in [0.1, 0.15) is 16.8 Å². The monoisotopic (exact) mass is 294 g/mol. The van der Waals surface area contributed by atoms with E-state index in [1.54, 1.807) is 19.9 Å². The molecule has 0 atom stereocenters. The van der Waals surface area contributed by atoms with Gasteiger partial charge in [0, 0.05) is 5.69 Å². The van der Waals surface area contributed by atoms with Gasteiger partial charge >= 0.3 is 11.9 Å². The summed E-state index contributed by atoms with van der Waals surface area (Å²) >= 11 is 0.851. The minimum Gasteiger partial charge on any atom is -0.468 e. The minimum absolute atomic E-state index is 0.311. The molecule has 0 N–H and O–H groups in total. The lowest BCUT2D eigenvalue weighted by Gasteiger charge is -2.13. The standard InChI is InChI=1S/C13H14N2O4S/c1-7-5-8(2)15-11(9(7)6-14)20-10(12(16)18-3)13(17)19-4/h5,10H,1-4H3. The SMILES string of the molecule is COC(=O)C(Sc1nc(C)cc(C)c1C#N)C(=O)OC. The van der Waals surface area contributed by atoms with Crippen LogP contribution < -0.4 is 0 Å². The lowest BCUT2D eigenvalue weighted by molar-refractivity contribution is -0.150. The molecule has 0 aliphatic carbocycles. The number of aromatic nitrogens is 1. The van der Waals surface area contributed by atoms with Gasteiger partial charge in [0.1, 0.15) is 11.1 Å². The van der Waals surface area contributed by atoms with Crippen LogP contribution in [0.3, 0.4) is 0 Å². The maximum absolute atomic E-state index is 11.6. The third kappa shape index (κ3) is 3.48. The first-order valence-corrected chi connectivity index (χ1v) is 6.53. The number of carbonyl (C=O) groups excluding carboxylic acids is 2. The average Bonchev–Trinajstić information content (AvgIpc) is 2.42. The maximum atomic E-state index is 11.6. The zero-order chi connectivity index (χ0) is 15.3. The highest BCUT2D eigenvalue weighted by Crippen LogP contribution is 2.28. The summed E-state index contributed by atoms with van der Waals surface area (Å²) in [5.41, 5.74) is 1.76. The molecular weight excluding hydrogens is 280 g/mol. The second kappa shape index (κ2) is 6.91. The van der Waals surface area contributed by atoms with Crippen LogP contribution in [0.4, 0.5) is 0 Å². The first-order chi connectivity index (χ1) is 9.44. The van der Waals surface area contributed by atoms with Crippen molar-refractivity contribution < 1.29 is 19.1 Å². The molecule has 7 heteroatoms. The van der Waals surface area contributed by atoms with Crippen LogP contribution >= 0.6 is 11.8 Å². The molecule has 0 bridgehead atoms. The molecule has 0 spiro atoms. The summed E-state index contributed by atoms with van der Waals surface area (Å²) in [4.78, 5) is 27.5. The van der Waals surface area contributed by atoms with E-state index in [9.17, 15) is 9.59 Å². The van der Waals surface area contributed by atoms with Gasteiger partial charge in [-0.2, -0.15) is 5.26 Å². The molecule has 0 amide bonds. The third-order valence-corrected chi connectivity index (χ3v) is 3.62. The van der Waals surface area contributed by atoms with Gasteiger partial charge in [-0.1, -0.05) is 11.8 Å². The van der Waals surface area contributed by atoms with Gasteiger partial charge in [-0.15, -0.1) is 0 Å². The highest BCUT2D eigenvalue weighted by Gasteiger charge is 2.31. The molecule has 0 aromatic carbocycles. The zero-order valence-corrected chi connectivity index (χ0v) is 12.4. The van der Waals surface area contributed by atoms with Crippen LogP contribution in [0.15, 0.2) is 11.1 Å². The first-order valence-electron chi connectivity index (χ1n) is 5.65. The van der Waals surface area contributed by atoms with E-state index < -0.39 is 17.2 Å². The first kappa shape index (κ1) is 16.0. The number of nitrogens with zero attached hydrogens (tertiary/aromatic N) is 2. The molecule has 0 saturated carbocycles. The number of thioether (sulfide) groups is 1. The van der Waals surface area contributed by atoms with Gasteiger partial charge < -0.3 is 9.47 Å². The van der Waals surface area contributed by atoms with Crippen LogP contribution in [0, 0.1) is 25.2 Å². The van der Waals surface area contributed by atoms with E-state index in [4.69, 9.17) is 5.26 Å². The zero-order valence-electron chi connectivity index (χ0n) is 11.6. The Hall–Kier alpha value is -2.07. The molecule has 20 heavy (non-hydrogen) atoms. The van der Waals surface area contributed by atoms with E-state index >= 15 is 0 Å². The van der Waals surface area contributed by atoms with Crippen molar-refractivity contribution in [3.8, 4) is 6.07 Å². The molecule has 1 aromatic heterocycles. The summed E-state index contributed by atoms with van der Waals surface area (Å²) in [7, 11) is 2.36. The number of carbonyl (C=O) groups is 2. The molecular formula is C13H14N2O4S. The number of ether oxygens (including phenoxy) is 2. The fourth-order valence-corrected chi connectivity index (χ4v) is 2.67. The summed E-state index contributed by atoms with van der Waals surface area (Å²) in [5.74, 6) is -1.49. The molecule has 0 radical (unpaired) electrons. The summed E-state index contributed by atoms with van der Waals surface area (Å²) in [6.07, 6.45) is 0. The molecule has 0 aliphatic rings. The van der Waals surface area contributed by atoms with E-state index in [1.165, 1.54) is 14.2 Å². The number of rotatable bonds is 4. The minimum atomic E-state index is -1.20. The number of aryl methyl sites for hydroxylation is 2. The van der Waals surface area contributed by atoms with Crippen LogP contribution in [-0.4, -0.2) is 36.4 Å². The van der Waals surface area contributed by atoms with E-state index in [1.807, 2.05) is 6.07 Å². The highest BCUT2D eigenvalue weighted by atomic mass is 32.2. The fraction of sp³-hybridized carbons (Fsp3) is 0.385. The van der Waals surface area contributed by atoms with Crippen molar-refractivity contribution >= 4 is 23.7 Å². The lowest BCUT2D eigenvalue weighted by atomic mass is 10.1. The Balaban J connectivity index is 3.21. The second-order valence-electron chi connectivity index (χ2n) is 3.92. The van der Waals surface area contributed by atoms with Gasteiger partial charge in [0.25, 0.3) is 0 Å². The molecule has 0 fully saturated rings. The number of pyridine rings is 1. The molecule has 0 aliphatic heterocycles. The Morgan fingerprint density at radius 3 is 2.30 bits per heavy atom. The van der Waals surface area contributed by atoms with Gasteiger partial charge in [0.15, 0.2) is 0 Å². The predicted octanol–water partition coefficient (Wildman–Crippen LogP) is 1.38. The summed E-state index contributed by atoms with van der Waals surface area (Å²) < 4.78 is 9.14. The smallest absolute Gasteiger partial charge is 0.330 e. The van der Waals surface area contributed by atoms with Crippen LogP contribution in [0.25, 0.3) is 0 Å². The van der Waals surface area contributed by atoms with Gasteiger partial charge in [-0.3, -0.25) is 9.59 Å². The van der Waals surface area contributed by atoms with E-state index in [-0.39, 0.29) is 0 Å². The molecule has 0 unspecified atom stereocenters. The Morgan fingerprint density at radius 2 is 1.85 bits per heavy atom. The van der Waals surface area contributed by atoms with Gasteiger partial charge in [-0.05, 0) is 25.5 Å². The van der Waals surface area contributed by atoms with Crippen molar-refractivity contribution in [2.45, 2.75) is 24.1 Å². The second-order valence-corrected chi connectivity index (χ2v) is 5.01. The van der Waals surface area contributed by atoms with E-state index in [0.717, 1.165) is 17.3 Å². The number of hydrogen-bond donors (Lipinski definition) is 0. The van der Waals surface area contributed by atoms with Crippen molar-refractivity contribution in [1.82, 2.24) is 4.98 Å². The van der Waals surface area contributed by atoms with Gasteiger partial charge in [0.2, 0.25) is 5.25 Å². The number of nitriles is 1. The normalized spacial score (nSPS) is 10.0. The van der Waals surface area contributed by atoms with E-state index in [2.05, 4.69) is 14.5 Å². The number of methoxy groups -OCH3 is 2. The van der Waals surface area contributed by atoms with Crippen molar-refractivity contribution in [3.63, 3.8) is 0 Å². The number of esters is 2.